The van der Waals surface area contributed by atoms with Gasteiger partial charge in [-0.05, 0) is 43.2 Å². The largest absolute Gasteiger partial charge is 0.486 e. The maximum Gasteiger partial charge on any atom is 0.287 e. The number of benzene rings is 1. The van der Waals surface area contributed by atoms with Crippen LogP contribution in [0.1, 0.15) is 46.5 Å². The lowest BCUT2D eigenvalue weighted by Crippen LogP contribution is -2.22. The van der Waals surface area contributed by atoms with Crippen molar-refractivity contribution in [3.05, 3.63) is 70.9 Å². The van der Waals surface area contributed by atoms with Crippen molar-refractivity contribution in [1.82, 2.24) is 15.1 Å². The van der Waals surface area contributed by atoms with Gasteiger partial charge in [0.2, 0.25) is 0 Å². The van der Waals surface area contributed by atoms with E-state index in [1.165, 1.54) is 5.56 Å². The average molecular weight is 367 g/mol. The molecule has 0 saturated heterocycles. The Labute approximate surface area is 159 Å². The number of carbonyl (C=O) groups excluding carboxylic acids is 1. The topological polar surface area (TPSA) is 69.3 Å². The van der Waals surface area contributed by atoms with E-state index in [9.17, 15) is 4.79 Å². The lowest BCUT2D eigenvalue weighted by Gasteiger charge is -2.06. The highest BCUT2D eigenvalue weighted by Crippen LogP contribution is 2.16. The van der Waals surface area contributed by atoms with E-state index in [0.29, 0.717) is 12.3 Å². The molecule has 0 aliphatic carbocycles. The molecule has 142 valence electrons. The Morgan fingerprint density at radius 1 is 1.22 bits per heavy atom. The maximum absolute atomic E-state index is 12.2. The molecule has 0 aliphatic rings. The molecule has 3 rings (SSSR count). The molecule has 27 heavy (non-hydrogen) atoms. The van der Waals surface area contributed by atoms with Crippen molar-refractivity contribution in [3.63, 3.8) is 0 Å². The molecule has 0 atom stereocenters. The summed E-state index contributed by atoms with van der Waals surface area (Å²) in [7, 11) is 1.87. The summed E-state index contributed by atoms with van der Waals surface area (Å²) in [5.74, 6) is 1.40. The first-order valence-electron chi connectivity index (χ1n) is 9.13. The molecule has 0 bridgehead atoms. The Balaban J connectivity index is 1.51. The molecule has 0 unspecified atom stereocenters. The number of hydrogen-bond donors (Lipinski definition) is 1. The molecule has 1 aromatic carbocycles. The van der Waals surface area contributed by atoms with Crippen LogP contribution in [0.25, 0.3) is 0 Å². The number of carbonyl (C=O) groups is 1. The molecule has 1 amide bonds. The summed E-state index contributed by atoms with van der Waals surface area (Å²) in [5, 5.41) is 7.01. The lowest BCUT2D eigenvalue weighted by molar-refractivity contribution is 0.0919. The Kier molecular flexibility index (Phi) is 5.96. The van der Waals surface area contributed by atoms with Crippen LogP contribution < -0.4 is 10.1 Å². The number of aromatic nitrogens is 2. The Morgan fingerprint density at radius 2 is 2.00 bits per heavy atom. The summed E-state index contributed by atoms with van der Waals surface area (Å²) in [5.41, 5.74) is 3.30. The summed E-state index contributed by atoms with van der Waals surface area (Å²) in [6.45, 7) is 4.82. The molecule has 0 saturated carbocycles. The quantitative estimate of drug-likeness (QED) is 0.658. The van der Waals surface area contributed by atoms with Gasteiger partial charge in [-0.1, -0.05) is 25.5 Å². The highest BCUT2D eigenvalue weighted by atomic mass is 16.5. The second-order valence-electron chi connectivity index (χ2n) is 6.51. The van der Waals surface area contributed by atoms with Crippen LogP contribution in [0.4, 0.5) is 0 Å². The van der Waals surface area contributed by atoms with E-state index in [0.717, 1.165) is 29.8 Å². The minimum Gasteiger partial charge on any atom is -0.486 e. The standard InChI is InChI=1S/C21H25N3O3/c1-4-5-16-6-8-18(9-7-16)26-14-19-10-11-20(27-19)21(25)22-12-17-13-23-24(3)15(17)2/h6-11,13H,4-5,12,14H2,1-3H3,(H,22,25). The van der Waals surface area contributed by atoms with Crippen molar-refractivity contribution < 1.29 is 13.9 Å². The lowest BCUT2D eigenvalue weighted by atomic mass is 10.1. The number of furan rings is 1. The zero-order valence-corrected chi connectivity index (χ0v) is 16.0. The van der Waals surface area contributed by atoms with E-state index in [-0.39, 0.29) is 18.3 Å². The van der Waals surface area contributed by atoms with Gasteiger partial charge >= 0.3 is 0 Å². The highest BCUT2D eigenvalue weighted by Gasteiger charge is 2.13. The number of rotatable bonds is 8. The van der Waals surface area contributed by atoms with Gasteiger partial charge in [-0.2, -0.15) is 5.10 Å². The van der Waals surface area contributed by atoms with E-state index in [4.69, 9.17) is 9.15 Å². The molecule has 2 heterocycles. The van der Waals surface area contributed by atoms with Crippen LogP contribution in [-0.2, 0) is 26.6 Å². The molecule has 0 spiro atoms. The molecule has 1 N–H and O–H groups in total. The highest BCUT2D eigenvalue weighted by molar-refractivity contribution is 5.91. The number of nitrogens with one attached hydrogen (secondary N) is 1. The van der Waals surface area contributed by atoms with E-state index in [1.807, 2.05) is 26.1 Å². The minimum absolute atomic E-state index is 0.256. The van der Waals surface area contributed by atoms with Gasteiger partial charge in [0.25, 0.3) is 5.91 Å². The van der Waals surface area contributed by atoms with E-state index < -0.39 is 0 Å². The van der Waals surface area contributed by atoms with Crippen LogP contribution in [0.5, 0.6) is 5.75 Å². The van der Waals surface area contributed by atoms with Crippen LogP contribution in [0.2, 0.25) is 0 Å². The third kappa shape index (κ3) is 4.78. The maximum atomic E-state index is 12.2. The predicted molar refractivity (Wildman–Crippen MR) is 103 cm³/mol. The van der Waals surface area contributed by atoms with Crippen molar-refractivity contribution in [2.24, 2.45) is 7.05 Å². The first kappa shape index (κ1) is 18.8. The fourth-order valence-electron chi connectivity index (χ4n) is 2.75. The van der Waals surface area contributed by atoms with Gasteiger partial charge in [0, 0.05) is 24.8 Å². The molecule has 0 fully saturated rings. The number of hydrogen-bond acceptors (Lipinski definition) is 4. The number of amides is 1. The Morgan fingerprint density at radius 3 is 2.67 bits per heavy atom. The van der Waals surface area contributed by atoms with Crippen molar-refractivity contribution in [2.75, 3.05) is 0 Å². The first-order valence-corrected chi connectivity index (χ1v) is 9.13. The van der Waals surface area contributed by atoms with Gasteiger partial charge < -0.3 is 14.5 Å². The molecular weight excluding hydrogens is 342 g/mol. The normalized spacial score (nSPS) is 10.8. The number of aryl methyl sites for hydroxylation is 2. The zero-order valence-electron chi connectivity index (χ0n) is 16.0. The predicted octanol–water partition coefficient (Wildman–Crippen LogP) is 3.78. The smallest absolute Gasteiger partial charge is 0.287 e. The second-order valence-corrected chi connectivity index (χ2v) is 6.51. The van der Waals surface area contributed by atoms with Crippen LogP contribution in [0.3, 0.4) is 0 Å². The average Bonchev–Trinajstić information content (AvgIpc) is 3.27. The van der Waals surface area contributed by atoms with E-state index in [1.54, 1.807) is 23.0 Å². The SMILES string of the molecule is CCCc1ccc(OCc2ccc(C(=O)NCc3cnn(C)c3C)o2)cc1. The second kappa shape index (κ2) is 8.58. The van der Waals surface area contributed by atoms with E-state index >= 15 is 0 Å². The van der Waals surface area contributed by atoms with Crippen molar-refractivity contribution >= 4 is 5.91 Å². The summed E-state index contributed by atoms with van der Waals surface area (Å²) in [6, 6.07) is 11.5. The molecular formula is C21H25N3O3. The summed E-state index contributed by atoms with van der Waals surface area (Å²) >= 11 is 0. The summed E-state index contributed by atoms with van der Waals surface area (Å²) in [6.07, 6.45) is 3.94. The molecule has 2 aromatic heterocycles. The first-order chi connectivity index (χ1) is 13.1. The van der Waals surface area contributed by atoms with Crippen LogP contribution in [0, 0.1) is 6.92 Å². The molecule has 6 nitrogen and oxygen atoms in total. The van der Waals surface area contributed by atoms with Gasteiger partial charge in [-0.3, -0.25) is 9.48 Å². The van der Waals surface area contributed by atoms with Gasteiger partial charge in [-0.25, -0.2) is 0 Å². The summed E-state index contributed by atoms with van der Waals surface area (Å²) < 4.78 is 13.1. The van der Waals surface area contributed by atoms with Gasteiger partial charge in [0.1, 0.15) is 18.1 Å². The summed E-state index contributed by atoms with van der Waals surface area (Å²) in [4.78, 5) is 12.2. The van der Waals surface area contributed by atoms with Gasteiger partial charge in [0.05, 0.1) is 6.20 Å². The third-order valence-electron chi connectivity index (χ3n) is 4.50. The van der Waals surface area contributed by atoms with Crippen molar-refractivity contribution in [2.45, 2.75) is 39.8 Å². The Hall–Kier alpha value is -3.02. The Bertz CT molecular complexity index is 894. The number of ether oxygens (including phenoxy) is 1. The van der Waals surface area contributed by atoms with Crippen LogP contribution >= 0.6 is 0 Å². The fourth-order valence-corrected chi connectivity index (χ4v) is 2.75. The zero-order chi connectivity index (χ0) is 19.2. The molecule has 6 heteroatoms. The van der Waals surface area contributed by atoms with Gasteiger partial charge in [-0.15, -0.1) is 0 Å². The fraction of sp³-hybridized carbons (Fsp3) is 0.333. The number of nitrogens with zero attached hydrogens (tertiary/aromatic N) is 2. The van der Waals surface area contributed by atoms with Crippen molar-refractivity contribution in [3.8, 4) is 5.75 Å². The van der Waals surface area contributed by atoms with E-state index in [2.05, 4.69) is 29.5 Å². The van der Waals surface area contributed by atoms with Gasteiger partial charge in [0.15, 0.2) is 5.76 Å². The van der Waals surface area contributed by atoms with Crippen LogP contribution in [-0.4, -0.2) is 15.7 Å². The minimum atomic E-state index is -0.256. The monoisotopic (exact) mass is 367 g/mol. The third-order valence-corrected chi connectivity index (χ3v) is 4.50. The molecule has 0 radical (unpaired) electrons. The van der Waals surface area contributed by atoms with Crippen molar-refractivity contribution in [1.29, 1.82) is 0 Å². The molecule has 0 aliphatic heterocycles. The van der Waals surface area contributed by atoms with Crippen LogP contribution in [0.15, 0.2) is 47.0 Å². The molecule has 3 aromatic rings.